The van der Waals surface area contributed by atoms with Gasteiger partial charge in [-0.3, -0.25) is 9.36 Å². The number of carbonyl (C=O) groups is 1. The van der Waals surface area contributed by atoms with Gasteiger partial charge >= 0.3 is 12.6 Å². The average Bonchev–Trinajstić information content (AvgIpc) is 2.38. The summed E-state index contributed by atoms with van der Waals surface area (Å²) in [6.45, 7) is -2.99. The van der Waals surface area contributed by atoms with E-state index < -0.39 is 23.8 Å². The van der Waals surface area contributed by atoms with Crippen molar-refractivity contribution in [3.63, 3.8) is 0 Å². The summed E-state index contributed by atoms with van der Waals surface area (Å²) in [5.74, 6) is -1.61. The largest absolute Gasteiger partial charge is 0.476 e. The van der Waals surface area contributed by atoms with Crippen LogP contribution < -0.4 is 10.3 Å². The number of carboxylic acid groups (broad SMARTS) is 1. The molecule has 104 valence electrons. The Morgan fingerprint density at radius 2 is 2.15 bits per heavy atom. The van der Waals surface area contributed by atoms with Gasteiger partial charge < -0.3 is 9.84 Å². The minimum absolute atomic E-state index is 0.141. The molecule has 0 bridgehead atoms. The monoisotopic (exact) mass is 282 g/mol. The molecule has 0 spiro atoms. The van der Waals surface area contributed by atoms with E-state index in [2.05, 4.69) is 9.72 Å². The quantitative estimate of drug-likeness (QED) is 0.919. The summed E-state index contributed by atoms with van der Waals surface area (Å²) in [4.78, 5) is 26.1. The van der Waals surface area contributed by atoms with Gasteiger partial charge in [0.15, 0.2) is 0 Å². The Morgan fingerprint density at radius 3 is 2.80 bits per heavy atom. The number of carboxylic acids is 1. The van der Waals surface area contributed by atoms with Crippen LogP contribution in [-0.2, 0) is 0 Å². The summed E-state index contributed by atoms with van der Waals surface area (Å²) in [5.41, 5.74) is -1.33. The molecule has 0 unspecified atom stereocenters. The lowest BCUT2D eigenvalue weighted by molar-refractivity contribution is -0.0498. The van der Waals surface area contributed by atoms with Gasteiger partial charge in [-0.15, -0.1) is 0 Å². The van der Waals surface area contributed by atoms with Crippen LogP contribution in [0.2, 0.25) is 0 Å². The van der Waals surface area contributed by atoms with E-state index in [-0.39, 0.29) is 11.4 Å². The van der Waals surface area contributed by atoms with Gasteiger partial charge in [-0.25, -0.2) is 9.78 Å². The first-order valence-corrected chi connectivity index (χ1v) is 5.35. The van der Waals surface area contributed by atoms with Gasteiger partial charge in [-0.1, -0.05) is 6.07 Å². The Balaban J connectivity index is 2.49. The first-order valence-electron chi connectivity index (χ1n) is 5.35. The third-order valence-corrected chi connectivity index (χ3v) is 2.36. The molecule has 20 heavy (non-hydrogen) atoms. The van der Waals surface area contributed by atoms with E-state index in [9.17, 15) is 18.4 Å². The molecule has 1 aromatic carbocycles. The zero-order chi connectivity index (χ0) is 14.7. The van der Waals surface area contributed by atoms with Crippen molar-refractivity contribution < 1.29 is 23.4 Å². The highest BCUT2D eigenvalue weighted by Gasteiger charge is 2.13. The molecule has 0 fully saturated rings. The summed E-state index contributed by atoms with van der Waals surface area (Å²) >= 11 is 0. The van der Waals surface area contributed by atoms with Crippen LogP contribution in [-0.4, -0.2) is 27.2 Å². The molecule has 0 aliphatic carbocycles. The highest BCUT2D eigenvalue weighted by atomic mass is 19.3. The number of benzene rings is 1. The molecule has 0 amide bonds. The van der Waals surface area contributed by atoms with Gasteiger partial charge in [-0.05, 0) is 12.1 Å². The zero-order valence-electron chi connectivity index (χ0n) is 9.86. The molecule has 0 saturated heterocycles. The summed E-state index contributed by atoms with van der Waals surface area (Å²) in [7, 11) is 0. The second-order valence-electron chi connectivity index (χ2n) is 3.63. The third kappa shape index (κ3) is 2.79. The molecular formula is C12H8F2N2O4. The fourth-order valence-corrected chi connectivity index (χ4v) is 1.57. The van der Waals surface area contributed by atoms with Gasteiger partial charge in [0.1, 0.15) is 5.75 Å². The Bertz CT molecular complexity index is 700. The van der Waals surface area contributed by atoms with E-state index in [1.165, 1.54) is 30.5 Å². The fraction of sp³-hybridized carbons (Fsp3) is 0.0833. The molecule has 2 rings (SSSR count). The molecule has 2 aromatic rings. The molecule has 8 heteroatoms. The molecule has 1 aromatic heterocycles. The molecule has 0 saturated carbocycles. The van der Waals surface area contributed by atoms with Crippen LogP contribution in [0.1, 0.15) is 10.5 Å². The van der Waals surface area contributed by atoms with Crippen molar-refractivity contribution >= 4 is 5.97 Å². The Labute approximate surface area is 110 Å². The van der Waals surface area contributed by atoms with Crippen LogP contribution in [0.4, 0.5) is 8.78 Å². The Morgan fingerprint density at radius 1 is 1.40 bits per heavy atom. The van der Waals surface area contributed by atoms with Crippen LogP contribution >= 0.6 is 0 Å². The number of nitrogens with zero attached hydrogens (tertiary/aromatic N) is 2. The number of ether oxygens (including phenoxy) is 1. The van der Waals surface area contributed by atoms with Crippen LogP contribution in [0.25, 0.3) is 5.69 Å². The molecule has 1 heterocycles. The summed E-state index contributed by atoms with van der Waals surface area (Å²) < 4.78 is 29.4. The SMILES string of the molecule is O=C(O)c1nccn(-c2cccc(OC(F)F)c2)c1=O. The molecular weight excluding hydrogens is 274 g/mol. The number of aromatic nitrogens is 2. The maximum absolute atomic E-state index is 12.1. The lowest BCUT2D eigenvalue weighted by atomic mass is 10.3. The van der Waals surface area contributed by atoms with E-state index in [0.717, 1.165) is 10.8 Å². The maximum atomic E-state index is 12.1. The smallest absolute Gasteiger partial charge is 0.387 e. The van der Waals surface area contributed by atoms with Crippen molar-refractivity contribution in [2.75, 3.05) is 0 Å². The average molecular weight is 282 g/mol. The van der Waals surface area contributed by atoms with E-state index >= 15 is 0 Å². The number of aromatic carboxylic acids is 1. The van der Waals surface area contributed by atoms with Gasteiger partial charge in [0.05, 0.1) is 5.69 Å². The number of hydrogen-bond donors (Lipinski definition) is 1. The highest BCUT2D eigenvalue weighted by Crippen LogP contribution is 2.17. The van der Waals surface area contributed by atoms with Gasteiger partial charge in [0.2, 0.25) is 5.69 Å². The topological polar surface area (TPSA) is 81.4 Å². The van der Waals surface area contributed by atoms with E-state index in [0.29, 0.717) is 0 Å². The number of alkyl halides is 2. The summed E-state index contributed by atoms with van der Waals surface area (Å²) in [5, 5.41) is 8.81. The van der Waals surface area contributed by atoms with Gasteiger partial charge in [0, 0.05) is 18.5 Å². The van der Waals surface area contributed by atoms with Crippen LogP contribution in [0, 0.1) is 0 Å². The van der Waals surface area contributed by atoms with Crippen molar-refractivity contribution in [1.29, 1.82) is 0 Å². The molecule has 6 nitrogen and oxygen atoms in total. The number of hydrogen-bond acceptors (Lipinski definition) is 4. The molecule has 0 radical (unpaired) electrons. The normalized spacial score (nSPS) is 10.6. The predicted molar refractivity (Wildman–Crippen MR) is 63.4 cm³/mol. The second kappa shape index (κ2) is 5.47. The van der Waals surface area contributed by atoms with E-state index in [1.54, 1.807) is 0 Å². The summed E-state index contributed by atoms with van der Waals surface area (Å²) in [6, 6.07) is 5.34. The van der Waals surface area contributed by atoms with Crippen molar-refractivity contribution in [1.82, 2.24) is 9.55 Å². The molecule has 1 N–H and O–H groups in total. The molecule has 0 aliphatic rings. The minimum atomic E-state index is -2.99. The van der Waals surface area contributed by atoms with Crippen LogP contribution in [0.15, 0.2) is 41.5 Å². The number of rotatable bonds is 4. The van der Waals surface area contributed by atoms with Crippen LogP contribution in [0.5, 0.6) is 5.75 Å². The Kier molecular flexibility index (Phi) is 3.74. The predicted octanol–water partition coefficient (Wildman–Crippen LogP) is 1.53. The maximum Gasteiger partial charge on any atom is 0.387 e. The lowest BCUT2D eigenvalue weighted by Gasteiger charge is -2.09. The van der Waals surface area contributed by atoms with E-state index in [1.807, 2.05) is 0 Å². The first kappa shape index (κ1) is 13.7. The highest BCUT2D eigenvalue weighted by molar-refractivity contribution is 5.84. The van der Waals surface area contributed by atoms with Crippen LogP contribution in [0.3, 0.4) is 0 Å². The van der Waals surface area contributed by atoms with E-state index in [4.69, 9.17) is 5.11 Å². The third-order valence-electron chi connectivity index (χ3n) is 2.36. The Hall–Kier alpha value is -2.77. The van der Waals surface area contributed by atoms with Crippen molar-refractivity contribution in [3.05, 3.63) is 52.7 Å². The fourth-order valence-electron chi connectivity index (χ4n) is 1.57. The lowest BCUT2D eigenvalue weighted by Crippen LogP contribution is -2.26. The standard InChI is InChI=1S/C12H8F2N2O4/c13-12(14)20-8-3-1-2-7(6-8)16-5-4-15-9(10(16)17)11(18)19/h1-6,12H,(H,18,19). The first-order chi connectivity index (χ1) is 9.49. The minimum Gasteiger partial charge on any atom is -0.476 e. The second-order valence-corrected chi connectivity index (χ2v) is 3.63. The van der Waals surface area contributed by atoms with Gasteiger partial charge in [-0.2, -0.15) is 8.78 Å². The van der Waals surface area contributed by atoms with Gasteiger partial charge in [0.25, 0.3) is 5.56 Å². The zero-order valence-corrected chi connectivity index (χ0v) is 9.86. The molecule has 0 atom stereocenters. The van der Waals surface area contributed by atoms with Crippen molar-refractivity contribution in [2.45, 2.75) is 6.61 Å². The molecule has 0 aliphatic heterocycles. The van der Waals surface area contributed by atoms with Crippen molar-refractivity contribution in [2.24, 2.45) is 0 Å². The number of halogens is 2. The summed E-state index contributed by atoms with van der Waals surface area (Å²) in [6.07, 6.45) is 2.36. The van der Waals surface area contributed by atoms with Crippen molar-refractivity contribution in [3.8, 4) is 11.4 Å².